The van der Waals surface area contributed by atoms with Crippen LogP contribution in [0.25, 0.3) is 0 Å². The molecule has 1 nitrogen and oxygen atoms in total. The molecule has 0 radical (unpaired) electrons. The largest absolute Gasteiger partial charge is 0.370 e. The zero-order valence-corrected chi connectivity index (χ0v) is 11.0. The number of nitrogens with zero attached hydrogens (tertiary/aromatic N) is 1. The Morgan fingerprint density at radius 3 is 2.80 bits per heavy atom. The number of benzene rings is 1. The lowest BCUT2D eigenvalue weighted by Crippen LogP contribution is -2.46. The van der Waals surface area contributed by atoms with Gasteiger partial charge in [0.1, 0.15) is 0 Å². The molecule has 0 amide bonds. The summed E-state index contributed by atoms with van der Waals surface area (Å²) in [5.41, 5.74) is 2.69. The zero-order valence-electron chi connectivity index (χ0n) is 9.46. The number of aryl methyl sites for hydroxylation is 1. The van der Waals surface area contributed by atoms with Gasteiger partial charge in [0.2, 0.25) is 0 Å². The maximum absolute atomic E-state index is 3.67. The maximum Gasteiger partial charge on any atom is 0.0513 e. The van der Waals surface area contributed by atoms with Crippen molar-refractivity contribution in [3.8, 4) is 0 Å². The fourth-order valence-corrected chi connectivity index (χ4v) is 2.75. The highest BCUT2D eigenvalue weighted by molar-refractivity contribution is 9.10. The standard InChI is InChI=1S/C13H18BrN/c1-3-5-11-8-15(9-11)12-7-4-6-10(2)13(12)14/h4,6-7,11H,3,5,8-9H2,1-2H3. The molecule has 0 aromatic heterocycles. The van der Waals surface area contributed by atoms with E-state index in [1.807, 2.05) is 0 Å². The van der Waals surface area contributed by atoms with E-state index in [0.29, 0.717) is 0 Å². The first kappa shape index (κ1) is 11.0. The van der Waals surface area contributed by atoms with Crippen LogP contribution in [-0.4, -0.2) is 13.1 Å². The van der Waals surface area contributed by atoms with E-state index in [9.17, 15) is 0 Å². The fraction of sp³-hybridized carbons (Fsp3) is 0.538. The topological polar surface area (TPSA) is 3.24 Å². The lowest BCUT2D eigenvalue weighted by Gasteiger charge is -2.41. The second kappa shape index (κ2) is 4.56. The molecule has 1 aromatic carbocycles. The molecule has 1 aliphatic rings. The Bertz CT molecular complexity index is 342. The van der Waals surface area contributed by atoms with Crippen LogP contribution in [0, 0.1) is 12.8 Å². The van der Waals surface area contributed by atoms with Gasteiger partial charge in [0, 0.05) is 17.6 Å². The van der Waals surface area contributed by atoms with Gasteiger partial charge in [-0.25, -0.2) is 0 Å². The van der Waals surface area contributed by atoms with Crippen molar-refractivity contribution in [2.45, 2.75) is 26.7 Å². The Balaban J connectivity index is 2.04. The van der Waals surface area contributed by atoms with Crippen LogP contribution in [0.5, 0.6) is 0 Å². The second-order valence-corrected chi connectivity index (χ2v) is 5.26. The molecule has 0 saturated carbocycles. The summed E-state index contributed by atoms with van der Waals surface area (Å²) >= 11 is 3.67. The van der Waals surface area contributed by atoms with Crippen molar-refractivity contribution in [1.82, 2.24) is 0 Å². The number of hydrogen-bond acceptors (Lipinski definition) is 1. The van der Waals surface area contributed by atoms with Crippen LogP contribution in [0.2, 0.25) is 0 Å². The summed E-state index contributed by atoms with van der Waals surface area (Å²) in [4.78, 5) is 2.47. The highest BCUT2D eigenvalue weighted by Crippen LogP contribution is 2.34. The van der Waals surface area contributed by atoms with Crippen molar-refractivity contribution in [1.29, 1.82) is 0 Å². The molecule has 1 saturated heterocycles. The first-order valence-electron chi connectivity index (χ1n) is 5.72. The van der Waals surface area contributed by atoms with Crippen LogP contribution in [0.1, 0.15) is 25.3 Å². The molecule has 0 spiro atoms. The second-order valence-electron chi connectivity index (χ2n) is 4.47. The van der Waals surface area contributed by atoms with E-state index in [1.165, 1.54) is 41.7 Å². The van der Waals surface area contributed by atoms with Crippen LogP contribution in [0.15, 0.2) is 22.7 Å². The van der Waals surface area contributed by atoms with Gasteiger partial charge in [-0.15, -0.1) is 0 Å². The molecular formula is C13H18BrN. The van der Waals surface area contributed by atoms with E-state index < -0.39 is 0 Å². The molecule has 15 heavy (non-hydrogen) atoms. The van der Waals surface area contributed by atoms with Gasteiger partial charge in [0.05, 0.1) is 5.69 Å². The summed E-state index contributed by atoms with van der Waals surface area (Å²) in [6.45, 7) is 6.88. The lowest BCUT2D eigenvalue weighted by atomic mass is 9.94. The minimum atomic E-state index is 0.919. The Kier molecular flexibility index (Phi) is 3.35. The minimum absolute atomic E-state index is 0.919. The highest BCUT2D eigenvalue weighted by atomic mass is 79.9. The normalized spacial score (nSPS) is 16.6. The lowest BCUT2D eigenvalue weighted by molar-refractivity contribution is 0.380. The Morgan fingerprint density at radius 1 is 1.40 bits per heavy atom. The monoisotopic (exact) mass is 267 g/mol. The summed E-state index contributed by atoms with van der Waals surface area (Å²) in [5, 5.41) is 0. The van der Waals surface area contributed by atoms with Gasteiger partial charge >= 0.3 is 0 Å². The molecule has 0 atom stereocenters. The first-order valence-corrected chi connectivity index (χ1v) is 6.51. The summed E-state index contributed by atoms with van der Waals surface area (Å²) in [6.07, 6.45) is 2.69. The third kappa shape index (κ3) is 2.20. The summed E-state index contributed by atoms with van der Waals surface area (Å²) in [7, 11) is 0. The van der Waals surface area contributed by atoms with E-state index >= 15 is 0 Å². The third-order valence-electron chi connectivity index (χ3n) is 3.17. The summed E-state index contributed by atoms with van der Waals surface area (Å²) < 4.78 is 1.26. The average Bonchev–Trinajstić information content (AvgIpc) is 2.16. The quantitative estimate of drug-likeness (QED) is 0.801. The van der Waals surface area contributed by atoms with Crippen LogP contribution in [0.4, 0.5) is 5.69 Å². The third-order valence-corrected chi connectivity index (χ3v) is 4.20. The molecule has 0 aliphatic carbocycles. The van der Waals surface area contributed by atoms with Gasteiger partial charge in [-0.2, -0.15) is 0 Å². The molecule has 1 fully saturated rings. The van der Waals surface area contributed by atoms with Crippen molar-refractivity contribution in [2.75, 3.05) is 18.0 Å². The minimum Gasteiger partial charge on any atom is -0.370 e. The van der Waals surface area contributed by atoms with Gasteiger partial charge in [-0.3, -0.25) is 0 Å². The van der Waals surface area contributed by atoms with Crippen LogP contribution in [-0.2, 0) is 0 Å². The smallest absolute Gasteiger partial charge is 0.0513 e. The molecule has 1 heterocycles. The van der Waals surface area contributed by atoms with E-state index in [2.05, 4.69) is 52.9 Å². The van der Waals surface area contributed by atoms with Gasteiger partial charge in [0.15, 0.2) is 0 Å². The average molecular weight is 268 g/mol. The summed E-state index contributed by atoms with van der Waals surface area (Å²) in [6, 6.07) is 6.50. The predicted molar refractivity (Wildman–Crippen MR) is 69.5 cm³/mol. The van der Waals surface area contributed by atoms with Crippen molar-refractivity contribution in [2.24, 2.45) is 5.92 Å². The van der Waals surface area contributed by atoms with Gasteiger partial charge in [-0.1, -0.05) is 25.5 Å². The van der Waals surface area contributed by atoms with Gasteiger partial charge in [-0.05, 0) is 46.8 Å². The molecule has 0 unspecified atom stereocenters. The fourth-order valence-electron chi connectivity index (χ4n) is 2.23. The Labute approximate surface area is 101 Å². The van der Waals surface area contributed by atoms with Crippen molar-refractivity contribution in [3.05, 3.63) is 28.2 Å². The molecule has 2 heteroatoms. The van der Waals surface area contributed by atoms with Gasteiger partial charge in [0.25, 0.3) is 0 Å². The number of anilines is 1. The number of halogens is 1. The Morgan fingerprint density at radius 2 is 2.13 bits per heavy atom. The van der Waals surface area contributed by atoms with Crippen molar-refractivity contribution < 1.29 is 0 Å². The zero-order chi connectivity index (χ0) is 10.8. The van der Waals surface area contributed by atoms with E-state index in [1.54, 1.807) is 0 Å². The van der Waals surface area contributed by atoms with E-state index in [0.717, 1.165) is 5.92 Å². The molecular weight excluding hydrogens is 250 g/mol. The van der Waals surface area contributed by atoms with Crippen LogP contribution < -0.4 is 4.90 Å². The first-order chi connectivity index (χ1) is 7.22. The van der Waals surface area contributed by atoms with Crippen molar-refractivity contribution >= 4 is 21.6 Å². The molecule has 82 valence electrons. The molecule has 0 N–H and O–H groups in total. The van der Waals surface area contributed by atoms with Crippen molar-refractivity contribution in [3.63, 3.8) is 0 Å². The highest BCUT2D eigenvalue weighted by Gasteiger charge is 2.27. The summed E-state index contributed by atoms with van der Waals surface area (Å²) in [5.74, 6) is 0.919. The number of hydrogen-bond donors (Lipinski definition) is 0. The SMILES string of the molecule is CCCC1CN(c2cccc(C)c2Br)C1. The van der Waals surface area contributed by atoms with Crippen LogP contribution in [0.3, 0.4) is 0 Å². The maximum atomic E-state index is 3.67. The number of rotatable bonds is 3. The molecule has 1 aromatic rings. The molecule has 2 rings (SSSR count). The van der Waals surface area contributed by atoms with E-state index in [4.69, 9.17) is 0 Å². The van der Waals surface area contributed by atoms with Gasteiger partial charge < -0.3 is 4.90 Å². The Hall–Kier alpha value is -0.500. The predicted octanol–water partition coefficient (Wildman–Crippen LogP) is 3.99. The molecule has 0 bridgehead atoms. The van der Waals surface area contributed by atoms with Crippen LogP contribution >= 0.6 is 15.9 Å². The van der Waals surface area contributed by atoms with E-state index in [-0.39, 0.29) is 0 Å². The molecule has 1 aliphatic heterocycles.